The summed E-state index contributed by atoms with van der Waals surface area (Å²) in [6.07, 6.45) is -0.402. The van der Waals surface area contributed by atoms with Crippen LogP contribution < -0.4 is 11.2 Å². The molecule has 2 aliphatic heterocycles. The highest BCUT2D eigenvalue weighted by atomic mass is 16.7. The molecule has 1 aromatic rings. The SMILES string of the molecule is C[C@]1(O)[C@H]2OC[C@]1(CO)O[C@H]2n1ccc(=O)[nH]c1=O. The van der Waals surface area contributed by atoms with Gasteiger partial charge in [-0.1, -0.05) is 0 Å². The average molecular weight is 270 g/mol. The van der Waals surface area contributed by atoms with Crippen molar-refractivity contribution in [2.45, 2.75) is 30.5 Å². The number of nitrogens with zero attached hydrogens (tertiary/aromatic N) is 1. The third-order valence-electron chi connectivity index (χ3n) is 3.96. The monoisotopic (exact) mass is 270 g/mol. The van der Waals surface area contributed by atoms with E-state index in [1.807, 2.05) is 0 Å². The third kappa shape index (κ3) is 1.48. The summed E-state index contributed by atoms with van der Waals surface area (Å²) >= 11 is 0. The van der Waals surface area contributed by atoms with Gasteiger partial charge in [0.2, 0.25) is 0 Å². The van der Waals surface area contributed by atoms with Crippen molar-refractivity contribution in [3.8, 4) is 0 Å². The number of hydrogen-bond acceptors (Lipinski definition) is 6. The molecule has 3 heterocycles. The highest BCUT2D eigenvalue weighted by Gasteiger charge is 2.69. The maximum Gasteiger partial charge on any atom is 0.330 e. The molecule has 19 heavy (non-hydrogen) atoms. The number of aliphatic hydroxyl groups excluding tert-OH is 1. The number of fused-ring (bicyclic) bond motifs is 2. The van der Waals surface area contributed by atoms with Crippen LogP contribution in [-0.2, 0) is 9.47 Å². The Hall–Kier alpha value is -1.48. The lowest BCUT2D eigenvalue weighted by Gasteiger charge is -2.31. The van der Waals surface area contributed by atoms with Gasteiger partial charge in [-0.15, -0.1) is 0 Å². The summed E-state index contributed by atoms with van der Waals surface area (Å²) in [4.78, 5) is 24.9. The van der Waals surface area contributed by atoms with Gasteiger partial charge in [-0.05, 0) is 6.92 Å². The molecule has 2 fully saturated rings. The Kier molecular flexibility index (Phi) is 2.49. The number of nitrogens with one attached hydrogen (secondary N) is 1. The minimum Gasteiger partial charge on any atom is -0.393 e. The minimum atomic E-state index is -1.41. The smallest absolute Gasteiger partial charge is 0.330 e. The standard InChI is InChI=1S/C11H14N2O6/c1-10(17)7-8(19-11(10,4-14)5-18-7)13-3-2-6(15)12-9(13)16/h2-3,7-8,14,17H,4-5H2,1H3,(H,12,15,16)/t7-,8+,10-,11-/m0/s1. The van der Waals surface area contributed by atoms with E-state index in [0.29, 0.717) is 0 Å². The van der Waals surface area contributed by atoms with Crippen molar-refractivity contribution in [2.75, 3.05) is 13.2 Å². The van der Waals surface area contributed by atoms with Gasteiger partial charge in [0.15, 0.2) is 6.23 Å². The first kappa shape index (κ1) is 12.5. The maximum absolute atomic E-state index is 11.7. The molecule has 0 amide bonds. The quantitative estimate of drug-likeness (QED) is 0.570. The fourth-order valence-electron chi connectivity index (χ4n) is 2.67. The van der Waals surface area contributed by atoms with E-state index in [-0.39, 0.29) is 6.61 Å². The van der Waals surface area contributed by atoms with Crippen LogP contribution in [0.2, 0.25) is 0 Å². The molecule has 0 unspecified atom stereocenters. The van der Waals surface area contributed by atoms with Crippen molar-refractivity contribution in [3.63, 3.8) is 0 Å². The molecule has 104 valence electrons. The normalized spacial score (nSPS) is 40.8. The van der Waals surface area contributed by atoms with E-state index in [2.05, 4.69) is 4.98 Å². The minimum absolute atomic E-state index is 0.0514. The van der Waals surface area contributed by atoms with E-state index < -0.39 is 41.4 Å². The van der Waals surface area contributed by atoms with Crippen LogP contribution in [0.5, 0.6) is 0 Å². The Balaban J connectivity index is 2.06. The van der Waals surface area contributed by atoms with Gasteiger partial charge >= 0.3 is 5.69 Å². The van der Waals surface area contributed by atoms with Gasteiger partial charge in [-0.2, -0.15) is 0 Å². The predicted molar refractivity (Wildman–Crippen MR) is 61.6 cm³/mol. The van der Waals surface area contributed by atoms with Crippen molar-refractivity contribution < 1.29 is 19.7 Å². The van der Waals surface area contributed by atoms with E-state index in [9.17, 15) is 19.8 Å². The fourth-order valence-corrected chi connectivity index (χ4v) is 2.67. The molecule has 2 saturated heterocycles. The summed E-state index contributed by atoms with van der Waals surface area (Å²) in [5.74, 6) is 0. The molecule has 4 atom stereocenters. The number of aliphatic hydroxyl groups is 2. The van der Waals surface area contributed by atoms with E-state index >= 15 is 0 Å². The van der Waals surface area contributed by atoms with Crippen LogP contribution in [0, 0.1) is 0 Å². The van der Waals surface area contributed by atoms with Crippen LogP contribution in [0.4, 0.5) is 0 Å². The average Bonchev–Trinajstić information content (AvgIpc) is 2.73. The molecule has 0 spiro atoms. The molecule has 3 N–H and O–H groups in total. The van der Waals surface area contributed by atoms with Gasteiger partial charge in [0, 0.05) is 12.3 Å². The van der Waals surface area contributed by atoms with Gasteiger partial charge in [-0.3, -0.25) is 14.3 Å². The fraction of sp³-hybridized carbons (Fsp3) is 0.636. The topological polar surface area (TPSA) is 114 Å². The zero-order valence-electron chi connectivity index (χ0n) is 10.2. The Morgan fingerprint density at radius 3 is 2.89 bits per heavy atom. The highest BCUT2D eigenvalue weighted by Crippen LogP contribution is 2.50. The Morgan fingerprint density at radius 2 is 2.32 bits per heavy atom. The van der Waals surface area contributed by atoms with E-state index in [1.54, 1.807) is 0 Å². The third-order valence-corrected chi connectivity index (χ3v) is 3.96. The Bertz CT molecular complexity index is 620. The lowest BCUT2D eigenvalue weighted by Crippen LogP contribution is -2.52. The van der Waals surface area contributed by atoms with Crippen LogP contribution in [0.3, 0.4) is 0 Å². The first-order chi connectivity index (χ1) is 8.91. The molecule has 8 nitrogen and oxygen atoms in total. The Labute approximate surface area is 107 Å². The second kappa shape index (κ2) is 3.76. The van der Waals surface area contributed by atoms with Crippen molar-refractivity contribution in [2.24, 2.45) is 0 Å². The zero-order chi connectivity index (χ0) is 13.8. The number of ether oxygens (including phenoxy) is 2. The summed E-state index contributed by atoms with van der Waals surface area (Å²) in [6, 6.07) is 1.18. The first-order valence-corrected chi connectivity index (χ1v) is 5.85. The van der Waals surface area contributed by atoms with Gasteiger partial charge in [0.1, 0.15) is 17.3 Å². The largest absolute Gasteiger partial charge is 0.393 e. The lowest BCUT2D eigenvalue weighted by molar-refractivity contribution is -0.191. The summed E-state index contributed by atoms with van der Waals surface area (Å²) < 4.78 is 12.2. The molecule has 0 saturated carbocycles. The van der Waals surface area contributed by atoms with Crippen molar-refractivity contribution in [1.29, 1.82) is 0 Å². The zero-order valence-corrected chi connectivity index (χ0v) is 10.2. The molecule has 0 aliphatic carbocycles. The number of rotatable bonds is 2. The van der Waals surface area contributed by atoms with E-state index in [4.69, 9.17) is 9.47 Å². The van der Waals surface area contributed by atoms with Crippen LogP contribution in [0.15, 0.2) is 21.9 Å². The van der Waals surface area contributed by atoms with Crippen molar-refractivity contribution in [3.05, 3.63) is 33.1 Å². The highest BCUT2D eigenvalue weighted by molar-refractivity contribution is 5.15. The van der Waals surface area contributed by atoms with Crippen LogP contribution in [0.25, 0.3) is 0 Å². The molecule has 3 rings (SSSR count). The van der Waals surface area contributed by atoms with Crippen LogP contribution in [-0.4, -0.2) is 50.3 Å². The number of aromatic nitrogens is 2. The molecule has 8 heteroatoms. The second-order valence-electron chi connectivity index (χ2n) is 5.06. The lowest BCUT2D eigenvalue weighted by atomic mass is 9.86. The van der Waals surface area contributed by atoms with Crippen molar-refractivity contribution >= 4 is 0 Å². The summed E-state index contributed by atoms with van der Waals surface area (Å²) in [6.45, 7) is 1.12. The van der Waals surface area contributed by atoms with Gasteiger partial charge < -0.3 is 19.7 Å². The van der Waals surface area contributed by atoms with Gasteiger partial charge in [-0.25, -0.2) is 4.79 Å². The van der Waals surface area contributed by atoms with Crippen LogP contribution >= 0.6 is 0 Å². The molecular weight excluding hydrogens is 256 g/mol. The van der Waals surface area contributed by atoms with Crippen LogP contribution in [0.1, 0.15) is 13.2 Å². The van der Waals surface area contributed by atoms with E-state index in [0.717, 1.165) is 4.57 Å². The molecule has 0 radical (unpaired) electrons. The molecule has 2 aliphatic rings. The first-order valence-electron chi connectivity index (χ1n) is 5.85. The predicted octanol–water partition coefficient (Wildman–Crippen LogP) is -2.05. The molecule has 0 aromatic carbocycles. The second-order valence-corrected chi connectivity index (χ2v) is 5.06. The molecular formula is C11H14N2O6. The molecule has 1 aromatic heterocycles. The Morgan fingerprint density at radius 1 is 1.58 bits per heavy atom. The maximum atomic E-state index is 11.7. The summed E-state index contributed by atoms with van der Waals surface area (Å²) in [5, 5.41) is 19.9. The van der Waals surface area contributed by atoms with Crippen molar-refractivity contribution in [1.82, 2.24) is 9.55 Å². The van der Waals surface area contributed by atoms with Gasteiger partial charge in [0.05, 0.1) is 13.2 Å². The van der Waals surface area contributed by atoms with Gasteiger partial charge in [0.25, 0.3) is 5.56 Å². The molecule has 2 bridgehead atoms. The van der Waals surface area contributed by atoms with E-state index in [1.165, 1.54) is 19.2 Å². The summed E-state index contributed by atoms with van der Waals surface area (Å²) in [5.41, 5.74) is -3.84. The summed E-state index contributed by atoms with van der Waals surface area (Å²) in [7, 11) is 0. The number of hydrogen-bond donors (Lipinski definition) is 3. The number of H-pyrrole nitrogens is 1. The number of aromatic amines is 1.